The summed E-state index contributed by atoms with van der Waals surface area (Å²) in [4.78, 5) is -0.00289. The molecule has 2 aromatic carbocycles. The third kappa shape index (κ3) is 2.86. The topological polar surface area (TPSA) is 72.2 Å². The number of halogens is 2. The highest BCUT2D eigenvalue weighted by Gasteiger charge is 2.19. The van der Waals surface area contributed by atoms with Crippen LogP contribution in [0.2, 0.25) is 5.02 Å². The average molecular weight is 315 g/mol. The van der Waals surface area contributed by atoms with E-state index >= 15 is 0 Å². The van der Waals surface area contributed by atoms with Crippen molar-refractivity contribution in [2.75, 3.05) is 10.5 Å². The number of hydrogen-bond donors (Lipinski definition) is 2. The molecule has 2 aromatic rings. The van der Waals surface area contributed by atoms with E-state index in [0.29, 0.717) is 11.3 Å². The monoisotopic (exact) mass is 314 g/mol. The molecule has 0 aromatic heterocycles. The van der Waals surface area contributed by atoms with E-state index in [2.05, 4.69) is 4.72 Å². The molecular weight excluding hydrogens is 303 g/mol. The van der Waals surface area contributed by atoms with Gasteiger partial charge in [0.05, 0.1) is 10.6 Å². The molecule has 0 unspecified atom stereocenters. The minimum atomic E-state index is -3.93. The summed E-state index contributed by atoms with van der Waals surface area (Å²) in [5.74, 6) is -0.709. The van der Waals surface area contributed by atoms with E-state index in [-0.39, 0.29) is 15.6 Å². The highest BCUT2D eigenvalue weighted by atomic mass is 35.5. The van der Waals surface area contributed by atoms with Gasteiger partial charge < -0.3 is 5.73 Å². The number of anilines is 2. The van der Waals surface area contributed by atoms with Crippen molar-refractivity contribution < 1.29 is 12.8 Å². The third-order valence-electron chi connectivity index (χ3n) is 2.79. The van der Waals surface area contributed by atoms with Crippen molar-refractivity contribution in [2.45, 2.75) is 11.8 Å². The fourth-order valence-electron chi connectivity index (χ4n) is 1.70. The number of nitrogen functional groups attached to an aromatic ring is 1. The number of sulfonamides is 1. The lowest BCUT2D eigenvalue weighted by Gasteiger charge is -2.12. The zero-order chi connectivity index (χ0) is 14.9. The second kappa shape index (κ2) is 5.30. The van der Waals surface area contributed by atoms with Gasteiger partial charge in [0.1, 0.15) is 5.82 Å². The highest BCUT2D eigenvalue weighted by Crippen LogP contribution is 2.26. The van der Waals surface area contributed by atoms with Crippen LogP contribution in [0, 0.1) is 12.7 Å². The summed E-state index contributed by atoms with van der Waals surface area (Å²) in [6.45, 7) is 1.58. The Labute approximate surface area is 121 Å². The third-order valence-corrected chi connectivity index (χ3v) is 4.53. The quantitative estimate of drug-likeness (QED) is 0.855. The lowest BCUT2D eigenvalue weighted by molar-refractivity contribution is 0.598. The van der Waals surface area contributed by atoms with Gasteiger partial charge in [0.25, 0.3) is 10.0 Å². The molecule has 0 fully saturated rings. The number of nitrogens with two attached hydrogens (primary N) is 1. The molecule has 106 valence electrons. The summed E-state index contributed by atoms with van der Waals surface area (Å²) >= 11 is 5.73. The van der Waals surface area contributed by atoms with Gasteiger partial charge in [-0.05, 0) is 42.8 Å². The van der Waals surface area contributed by atoms with Crippen molar-refractivity contribution in [3.8, 4) is 0 Å². The smallest absolute Gasteiger partial charge is 0.262 e. The second-order valence-electron chi connectivity index (χ2n) is 4.20. The van der Waals surface area contributed by atoms with Gasteiger partial charge in [0.15, 0.2) is 0 Å². The molecule has 0 aliphatic carbocycles. The van der Waals surface area contributed by atoms with Crippen LogP contribution < -0.4 is 10.5 Å². The Balaban J connectivity index is 2.46. The van der Waals surface area contributed by atoms with Crippen molar-refractivity contribution in [1.82, 2.24) is 0 Å². The molecule has 20 heavy (non-hydrogen) atoms. The van der Waals surface area contributed by atoms with Crippen molar-refractivity contribution in [2.24, 2.45) is 0 Å². The van der Waals surface area contributed by atoms with Gasteiger partial charge in [-0.2, -0.15) is 0 Å². The van der Waals surface area contributed by atoms with Gasteiger partial charge in [-0.1, -0.05) is 17.7 Å². The standard InChI is InChI=1S/C13H12ClFN2O2S/c1-8-11(16)3-2-4-13(8)20(18,19)17-12-7-9(14)5-6-10(12)15/h2-7,17H,16H2,1H3. The maximum Gasteiger partial charge on any atom is 0.262 e. The highest BCUT2D eigenvalue weighted by molar-refractivity contribution is 7.92. The fraction of sp³-hybridized carbons (Fsp3) is 0.0769. The largest absolute Gasteiger partial charge is 0.398 e. The van der Waals surface area contributed by atoms with Crippen LogP contribution in [-0.2, 0) is 10.0 Å². The maximum atomic E-state index is 13.6. The molecule has 2 rings (SSSR count). The van der Waals surface area contributed by atoms with Gasteiger partial charge in [-0.3, -0.25) is 4.72 Å². The van der Waals surface area contributed by atoms with E-state index in [9.17, 15) is 12.8 Å². The van der Waals surface area contributed by atoms with Crippen LogP contribution >= 0.6 is 11.6 Å². The van der Waals surface area contributed by atoms with Gasteiger partial charge in [-0.15, -0.1) is 0 Å². The van der Waals surface area contributed by atoms with Crippen LogP contribution in [-0.4, -0.2) is 8.42 Å². The van der Waals surface area contributed by atoms with Crippen molar-refractivity contribution in [3.05, 3.63) is 52.8 Å². The molecule has 4 nitrogen and oxygen atoms in total. The van der Waals surface area contributed by atoms with Crippen LogP contribution in [0.1, 0.15) is 5.56 Å². The van der Waals surface area contributed by atoms with Gasteiger partial charge in [0.2, 0.25) is 0 Å². The van der Waals surface area contributed by atoms with Gasteiger partial charge in [-0.25, -0.2) is 12.8 Å². The van der Waals surface area contributed by atoms with Crippen LogP contribution in [0.15, 0.2) is 41.3 Å². The summed E-state index contributed by atoms with van der Waals surface area (Å²) in [6.07, 6.45) is 0. The van der Waals surface area contributed by atoms with Gasteiger partial charge >= 0.3 is 0 Å². The van der Waals surface area contributed by atoms with E-state index in [1.807, 2.05) is 0 Å². The summed E-state index contributed by atoms with van der Waals surface area (Å²) < 4.78 is 40.3. The minimum absolute atomic E-state index is 0.00289. The van der Waals surface area contributed by atoms with Crippen molar-refractivity contribution in [3.63, 3.8) is 0 Å². The Morgan fingerprint density at radius 2 is 1.95 bits per heavy atom. The molecule has 0 radical (unpaired) electrons. The summed E-state index contributed by atoms with van der Waals surface area (Å²) in [6, 6.07) is 8.14. The molecule has 0 aliphatic heterocycles. The predicted octanol–water partition coefficient (Wildman–Crippen LogP) is 3.17. The fourth-order valence-corrected chi connectivity index (χ4v) is 3.20. The lowest BCUT2D eigenvalue weighted by Crippen LogP contribution is -2.15. The molecule has 3 N–H and O–H groups in total. The normalized spacial score (nSPS) is 11.3. The summed E-state index contributed by atoms with van der Waals surface area (Å²) in [5.41, 5.74) is 6.22. The second-order valence-corrected chi connectivity index (χ2v) is 6.29. The first-order valence-electron chi connectivity index (χ1n) is 5.64. The Hall–Kier alpha value is -1.79. The molecular formula is C13H12ClFN2O2S. The Bertz CT molecular complexity index is 763. The zero-order valence-corrected chi connectivity index (χ0v) is 12.1. The first-order valence-corrected chi connectivity index (χ1v) is 7.50. The molecule has 7 heteroatoms. The van der Waals surface area contributed by atoms with Crippen LogP contribution in [0.4, 0.5) is 15.8 Å². The van der Waals surface area contributed by atoms with E-state index < -0.39 is 15.8 Å². The number of benzene rings is 2. The first-order chi connectivity index (χ1) is 9.31. The Morgan fingerprint density at radius 1 is 1.25 bits per heavy atom. The number of rotatable bonds is 3. The first kappa shape index (κ1) is 14.6. The van der Waals surface area contributed by atoms with Crippen LogP contribution in [0.25, 0.3) is 0 Å². The van der Waals surface area contributed by atoms with Crippen LogP contribution in [0.5, 0.6) is 0 Å². The summed E-state index contributed by atoms with van der Waals surface area (Å²) in [5, 5.41) is 0.230. The minimum Gasteiger partial charge on any atom is -0.398 e. The number of hydrogen-bond acceptors (Lipinski definition) is 3. The zero-order valence-electron chi connectivity index (χ0n) is 10.5. The Morgan fingerprint density at radius 3 is 2.65 bits per heavy atom. The molecule has 0 amide bonds. The van der Waals surface area contributed by atoms with E-state index in [0.717, 1.165) is 6.07 Å². The SMILES string of the molecule is Cc1c(N)cccc1S(=O)(=O)Nc1cc(Cl)ccc1F. The van der Waals surface area contributed by atoms with Gasteiger partial charge in [0, 0.05) is 10.7 Å². The van der Waals surface area contributed by atoms with Crippen LogP contribution in [0.3, 0.4) is 0 Å². The lowest BCUT2D eigenvalue weighted by atomic mass is 10.2. The van der Waals surface area contributed by atoms with Crippen molar-refractivity contribution >= 4 is 33.0 Å². The molecule has 0 bridgehead atoms. The van der Waals surface area contributed by atoms with E-state index in [4.69, 9.17) is 17.3 Å². The predicted molar refractivity (Wildman–Crippen MR) is 77.8 cm³/mol. The molecule has 0 saturated carbocycles. The van der Waals surface area contributed by atoms with E-state index in [1.54, 1.807) is 13.0 Å². The van der Waals surface area contributed by atoms with Crippen molar-refractivity contribution in [1.29, 1.82) is 0 Å². The maximum absolute atomic E-state index is 13.6. The Kier molecular flexibility index (Phi) is 3.87. The number of nitrogens with one attached hydrogen (secondary N) is 1. The van der Waals surface area contributed by atoms with E-state index in [1.165, 1.54) is 24.3 Å². The molecule has 0 atom stereocenters. The average Bonchev–Trinajstić information content (AvgIpc) is 2.36. The molecule has 0 spiro atoms. The summed E-state index contributed by atoms with van der Waals surface area (Å²) in [7, 11) is -3.93. The molecule has 0 saturated heterocycles. The molecule has 0 heterocycles. The molecule has 0 aliphatic rings.